The van der Waals surface area contributed by atoms with Crippen LogP contribution in [0.15, 0.2) is 24.3 Å². The molecule has 1 fully saturated rings. The molecular weight excluding hydrogens is 340 g/mol. The van der Waals surface area contributed by atoms with Crippen LogP contribution in [-0.2, 0) is 9.59 Å². The number of ether oxygens (including phenoxy) is 1. The molecule has 1 heterocycles. The molecule has 2 rings (SSSR count). The summed E-state index contributed by atoms with van der Waals surface area (Å²) in [7, 11) is 0. The zero-order valence-electron chi connectivity index (χ0n) is 15.1. The first kappa shape index (κ1) is 19.6. The van der Waals surface area contributed by atoms with Gasteiger partial charge < -0.3 is 15.0 Å². The average molecular weight is 367 g/mol. The maximum absolute atomic E-state index is 12.7. The Morgan fingerprint density at radius 1 is 1.24 bits per heavy atom. The van der Waals surface area contributed by atoms with Crippen molar-refractivity contribution in [3.63, 3.8) is 0 Å². The number of hydrogen-bond acceptors (Lipinski definition) is 3. The second-order valence-electron chi connectivity index (χ2n) is 6.75. The Labute approximate surface area is 154 Å². The summed E-state index contributed by atoms with van der Waals surface area (Å²) in [6.45, 7) is 7.24. The minimum absolute atomic E-state index is 0.0133. The molecule has 1 N–H and O–H groups in total. The van der Waals surface area contributed by atoms with E-state index in [2.05, 4.69) is 19.2 Å². The minimum Gasteiger partial charge on any atom is -0.481 e. The Bertz CT molecular complexity index is 598. The summed E-state index contributed by atoms with van der Waals surface area (Å²) in [5.41, 5.74) is 1.10. The van der Waals surface area contributed by atoms with Gasteiger partial charge in [0, 0.05) is 19.1 Å². The smallest absolute Gasteiger partial charge is 0.263 e. The molecule has 0 bridgehead atoms. The Kier molecular flexibility index (Phi) is 7.12. The first-order chi connectivity index (χ1) is 11.9. The molecule has 0 aromatic heterocycles. The number of nitrogens with one attached hydrogen (secondary N) is 1. The lowest BCUT2D eigenvalue weighted by molar-refractivity contribution is -0.139. The van der Waals surface area contributed by atoms with Gasteiger partial charge in [-0.15, -0.1) is 11.6 Å². The molecule has 2 amide bonds. The normalized spacial score (nSPS) is 16.6. The van der Waals surface area contributed by atoms with Gasteiger partial charge in [-0.2, -0.15) is 0 Å². The van der Waals surface area contributed by atoms with Gasteiger partial charge in [-0.1, -0.05) is 32.0 Å². The monoisotopic (exact) mass is 366 g/mol. The number of benzene rings is 1. The number of para-hydroxylation sites is 1. The number of amides is 2. The lowest BCUT2D eigenvalue weighted by atomic mass is 10.0. The van der Waals surface area contributed by atoms with Crippen molar-refractivity contribution in [3.05, 3.63) is 29.8 Å². The van der Waals surface area contributed by atoms with Crippen molar-refractivity contribution < 1.29 is 14.3 Å². The molecule has 1 unspecified atom stereocenters. The molecule has 5 nitrogen and oxygen atoms in total. The molecule has 1 atom stereocenters. The van der Waals surface area contributed by atoms with Crippen LogP contribution < -0.4 is 10.1 Å². The largest absolute Gasteiger partial charge is 0.481 e. The van der Waals surface area contributed by atoms with Gasteiger partial charge in [0.05, 0.1) is 0 Å². The minimum atomic E-state index is -0.533. The van der Waals surface area contributed by atoms with E-state index in [-0.39, 0.29) is 23.7 Å². The molecule has 1 saturated heterocycles. The number of nitrogens with zero attached hydrogens (tertiary/aromatic N) is 1. The van der Waals surface area contributed by atoms with Gasteiger partial charge in [-0.3, -0.25) is 9.59 Å². The topological polar surface area (TPSA) is 58.6 Å². The first-order valence-electron chi connectivity index (χ1n) is 8.82. The fraction of sp³-hybridized carbons (Fsp3) is 0.579. The van der Waals surface area contributed by atoms with Gasteiger partial charge in [0.1, 0.15) is 11.6 Å². The van der Waals surface area contributed by atoms with Crippen molar-refractivity contribution in [2.24, 2.45) is 0 Å². The molecule has 1 aromatic carbocycles. The van der Waals surface area contributed by atoms with Crippen molar-refractivity contribution >= 4 is 23.4 Å². The zero-order chi connectivity index (χ0) is 18.4. The van der Waals surface area contributed by atoms with Crippen LogP contribution in [-0.4, -0.2) is 47.8 Å². The van der Waals surface area contributed by atoms with Crippen LogP contribution in [0.4, 0.5) is 0 Å². The quantitative estimate of drug-likeness (QED) is 0.787. The zero-order valence-corrected chi connectivity index (χ0v) is 15.9. The third-order valence-corrected chi connectivity index (χ3v) is 4.73. The summed E-state index contributed by atoms with van der Waals surface area (Å²) in [5.74, 6) is 0.899. The third kappa shape index (κ3) is 5.36. The van der Waals surface area contributed by atoms with E-state index in [1.54, 1.807) is 6.92 Å². The van der Waals surface area contributed by atoms with Gasteiger partial charge in [-0.05, 0) is 37.3 Å². The highest BCUT2D eigenvalue weighted by atomic mass is 35.5. The number of halogens is 1. The average Bonchev–Trinajstić information content (AvgIpc) is 2.61. The van der Waals surface area contributed by atoms with E-state index in [0.717, 1.165) is 24.2 Å². The van der Waals surface area contributed by atoms with Crippen LogP contribution in [0.3, 0.4) is 0 Å². The SMILES string of the molecule is CC(Oc1ccccc1C(C)C)C(=O)N1CCC(NC(=O)CCl)CC1. The van der Waals surface area contributed by atoms with Crippen LogP contribution in [0.1, 0.15) is 45.1 Å². The lowest BCUT2D eigenvalue weighted by Gasteiger charge is -2.34. The van der Waals surface area contributed by atoms with E-state index in [1.165, 1.54) is 0 Å². The molecule has 0 radical (unpaired) electrons. The number of carbonyl (C=O) groups excluding carboxylic acids is 2. The standard InChI is InChI=1S/C19H27ClN2O3/c1-13(2)16-6-4-5-7-17(16)25-14(3)19(24)22-10-8-15(9-11-22)21-18(23)12-20/h4-7,13-15H,8-12H2,1-3H3,(H,21,23). The number of carbonyl (C=O) groups is 2. The molecule has 0 spiro atoms. The van der Waals surface area contributed by atoms with E-state index in [4.69, 9.17) is 16.3 Å². The predicted molar refractivity (Wildman–Crippen MR) is 99.1 cm³/mol. The highest BCUT2D eigenvalue weighted by molar-refractivity contribution is 6.27. The maximum atomic E-state index is 12.7. The van der Waals surface area contributed by atoms with Gasteiger partial charge >= 0.3 is 0 Å². The van der Waals surface area contributed by atoms with Gasteiger partial charge in [0.15, 0.2) is 6.10 Å². The Morgan fingerprint density at radius 3 is 2.48 bits per heavy atom. The lowest BCUT2D eigenvalue weighted by Crippen LogP contribution is -2.49. The predicted octanol–water partition coefficient (Wildman–Crippen LogP) is 2.92. The van der Waals surface area contributed by atoms with Crippen molar-refractivity contribution in [1.29, 1.82) is 0 Å². The van der Waals surface area contributed by atoms with Gasteiger partial charge in [0.2, 0.25) is 5.91 Å². The van der Waals surface area contributed by atoms with E-state index in [9.17, 15) is 9.59 Å². The highest BCUT2D eigenvalue weighted by Gasteiger charge is 2.28. The molecule has 138 valence electrons. The Hall–Kier alpha value is -1.75. The van der Waals surface area contributed by atoms with Crippen LogP contribution in [0.5, 0.6) is 5.75 Å². The number of likely N-dealkylation sites (tertiary alicyclic amines) is 1. The number of rotatable bonds is 6. The molecule has 25 heavy (non-hydrogen) atoms. The molecule has 1 aliphatic rings. The summed E-state index contributed by atoms with van der Waals surface area (Å²) in [6, 6.07) is 7.93. The van der Waals surface area contributed by atoms with Crippen molar-refractivity contribution in [2.45, 2.75) is 51.7 Å². The summed E-state index contributed by atoms with van der Waals surface area (Å²) in [4.78, 5) is 25.8. The summed E-state index contributed by atoms with van der Waals surface area (Å²) in [6.07, 6.45) is 0.946. The third-order valence-electron chi connectivity index (χ3n) is 4.49. The molecule has 0 saturated carbocycles. The van der Waals surface area contributed by atoms with Crippen LogP contribution in [0, 0.1) is 0 Å². The van der Waals surface area contributed by atoms with Crippen LogP contribution in [0.2, 0.25) is 0 Å². The van der Waals surface area contributed by atoms with Crippen LogP contribution >= 0.6 is 11.6 Å². The second kappa shape index (κ2) is 9.09. The Morgan fingerprint density at radius 2 is 1.88 bits per heavy atom. The summed E-state index contributed by atoms with van der Waals surface area (Å²) in [5, 5.41) is 2.88. The van der Waals surface area contributed by atoms with E-state index in [0.29, 0.717) is 19.0 Å². The van der Waals surface area contributed by atoms with E-state index in [1.807, 2.05) is 29.2 Å². The van der Waals surface area contributed by atoms with E-state index >= 15 is 0 Å². The van der Waals surface area contributed by atoms with Crippen molar-refractivity contribution in [1.82, 2.24) is 10.2 Å². The molecule has 1 aromatic rings. The summed E-state index contributed by atoms with van der Waals surface area (Å²) >= 11 is 5.51. The van der Waals surface area contributed by atoms with E-state index < -0.39 is 6.10 Å². The fourth-order valence-electron chi connectivity index (χ4n) is 3.07. The van der Waals surface area contributed by atoms with Gasteiger partial charge in [0.25, 0.3) is 5.91 Å². The van der Waals surface area contributed by atoms with Crippen molar-refractivity contribution in [2.75, 3.05) is 19.0 Å². The summed E-state index contributed by atoms with van der Waals surface area (Å²) < 4.78 is 5.95. The molecule has 1 aliphatic heterocycles. The number of alkyl halides is 1. The first-order valence-corrected chi connectivity index (χ1v) is 9.35. The molecular formula is C19H27ClN2O3. The van der Waals surface area contributed by atoms with Gasteiger partial charge in [-0.25, -0.2) is 0 Å². The Balaban J connectivity index is 1.90. The maximum Gasteiger partial charge on any atom is 0.263 e. The fourth-order valence-corrected chi connectivity index (χ4v) is 3.15. The molecule has 0 aliphatic carbocycles. The number of piperidine rings is 1. The second-order valence-corrected chi connectivity index (χ2v) is 7.02. The highest BCUT2D eigenvalue weighted by Crippen LogP contribution is 2.27. The van der Waals surface area contributed by atoms with Crippen LogP contribution in [0.25, 0.3) is 0 Å². The van der Waals surface area contributed by atoms with Crippen molar-refractivity contribution in [3.8, 4) is 5.75 Å². The molecule has 6 heteroatoms. The number of hydrogen-bond donors (Lipinski definition) is 1.